The first kappa shape index (κ1) is 7.59. The van der Waals surface area contributed by atoms with E-state index in [1.807, 2.05) is 0 Å². The van der Waals surface area contributed by atoms with E-state index in [0.29, 0.717) is 12.7 Å². The summed E-state index contributed by atoms with van der Waals surface area (Å²) in [6, 6.07) is -0.505. The number of carbonyl (C=O) groups excluding carboxylic acids is 1. The maximum atomic E-state index is 9.80. The standard InChI is InChI=1S/C5H11NO2/c1-4(8)2-5(6)3-7/h3-5,8H,2,6H2,1H3. The zero-order chi connectivity index (χ0) is 6.57. The third kappa shape index (κ3) is 3.77. The zero-order valence-corrected chi connectivity index (χ0v) is 4.87. The molecule has 0 amide bonds. The summed E-state index contributed by atoms with van der Waals surface area (Å²) in [7, 11) is 0. The largest absolute Gasteiger partial charge is 0.393 e. The van der Waals surface area contributed by atoms with Gasteiger partial charge in [0, 0.05) is 0 Å². The summed E-state index contributed by atoms with van der Waals surface area (Å²) in [6.07, 6.45) is 0.506. The summed E-state index contributed by atoms with van der Waals surface area (Å²) in [6.45, 7) is 1.60. The van der Waals surface area contributed by atoms with Gasteiger partial charge in [0.25, 0.3) is 0 Å². The number of aliphatic hydroxyl groups excluding tert-OH is 1. The lowest BCUT2D eigenvalue weighted by atomic mass is 10.2. The maximum Gasteiger partial charge on any atom is 0.136 e. The molecule has 8 heavy (non-hydrogen) atoms. The number of nitrogens with two attached hydrogens (primary N) is 1. The van der Waals surface area contributed by atoms with Crippen molar-refractivity contribution in [3.05, 3.63) is 0 Å². The number of rotatable bonds is 3. The predicted octanol–water partition coefficient (Wildman–Crippen LogP) is -0.717. The zero-order valence-electron chi connectivity index (χ0n) is 4.87. The lowest BCUT2D eigenvalue weighted by Gasteiger charge is -2.04. The van der Waals surface area contributed by atoms with E-state index in [-0.39, 0.29) is 0 Å². The van der Waals surface area contributed by atoms with Crippen molar-refractivity contribution in [3.63, 3.8) is 0 Å². The molecule has 0 bridgehead atoms. The Morgan fingerprint density at radius 2 is 2.38 bits per heavy atom. The minimum atomic E-state index is -0.505. The first-order chi connectivity index (χ1) is 3.66. The molecule has 2 unspecified atom stereocenters. The van der Waals surface area contributed by atoms with Crippen LogP contribution in [0.25, 0.3) is 0 Å². The molecule has 0 heterocycles. The summed E-state index contributed by atoms with van der Waals surface area (Å²) in [5.41, 5.74) is 5.15. The van der Waals surface area contributed by atoms with Crippen molar-refractivity contribution in [2.45, 2.75) is 25.5 Å². The first-order valence-electron chi connectivity index (χ1n) is 2.55. The quantitative estimate of drug-likeness (QED) is 0.480. The normalized spacial score (nSPS) is 17.4. The molecule has 48 valence electrons. The highest BCUT2D eigenvalue weighted by Gasteiger charge is 2.02. The average Bonchev–Trinajstić information content (AvgIpc) is 1.65. The van der Waals surface area contributed by atoms with Crippen LogP contribution in [-0.2, 0) is 4.79 Å². The topological polar surface area (TPSA) is 63.3 Å². The van der Waals surface area contributed by atoms with Crippen LogP contribution in [0.2, 0.25) is 0 Å². The van der Waals surface area contributed by atoms with Crippen LogP contribution in [-0.4, -0.2) is 23.5 Å². The third-order valence-electron chi connectivity index (χ3n) is 0.788. The molecule has 0 aromatic rings. The molecule has 2 atom stereocenters. The van der Waals surface area contributed by atoms with Crippen LogP contribution >= 0.6 is 0 Å². The molecule has 0 radical (unpaired) electrons. The van der Waals surface area contributed by atoms with Crippen molar-refractivity contribution in [1.29, 1.82) is 0 Å². The second-order valence-corrected chi connectivity index (χ2v) is 1.88. The van der Waals surface area contributed by atoms with Crippen LogP contribution in [0.1, 0.15) is 13.3 Å². The van der Waals surface area contributed by atoms with E-state index in [1.54, 1.807) is 6.92 Å². The van der Waals surface area contributed by atoms with E-state index in [4.69, 9.17) is 10.8 Å². The van der Waals surface area contributed by atoms with Gasteiger partial charge in [-0.15, -0.1) is 0 Å². The summed E-state index contributed by atoms with van der Waals surface area (Å²) in [5, 5.41) is 8.62. The Hall–Kier alpha value is -0.410. The van der Waals surface area contributed by atoms with Gasteiger partial charge in [0.15, 0.2) is 0 Å². The SMILES string of the molecule is CC(O)CC(N)C=O. The predicted molar refractivity (Wildman–Crippen MR) is 30.3 cm³/mol. The van der Waals surface area contributed by atoms with Crippen molar-refractivity contribution in [2.75, 3.05) is 0 Å². The van der Waals surface area contributed by atoms with Gasteiger partial charge >= 0.3 is 0 Å². The monoisotopic (exact) mass is 117 g/mol. The second kappa shape index (κ2) is 3.57. The number of hydrogen-bond acceptors (Lipinski definition) is 3. The van der Waals surface area contributed by atoms with E-state index < -0.39 is 12.1 Å². The lowest BCUT2D eigenvalue weighted by Crippen LogP contribution is -2.25. The molecule has 3 heteroatoms. The molecular formula is C5H11NO2. The molecule has 0 rings (SSSR count). The first-order valence-corrected chi connectivity index (χ1v) is 2.55. The molecule has 0 saturated carbocycles. The van der Waals surface area contributed by atoms with Gasteiger partial charge in [-0.3, -0.25) is 0 Å². The highest BCUT2D eigenvalue weighted by Crippen LogP contribution is 1.90. The Bertz CT molecular complexity index is 72.8. The third-order valence-corrected chi connectivity index (χ3v) is 0.788. The van der Waals surface area contributed by atoms with E-state index in [0.717, 1.165) is 0 Å². The molecule has 0 aromatic carbocycles. The Labute approximate surface area is 48.5 Å². The van der Waals surface area contributed by atoms with Crippen LogP contribution in [0.5, 0.6) is 0 Å². The van der Waals surface area contributed by atoms with Crippen molar-refractivity contribution in [3.8, 4) is 0 Å². The Morgan fingerprint density at radius 3 is 2.50 bits per heavy atom. The smallest absolute Gasteiger partial charge is 0.136 e. The van der Waals surface area contributed by atoms with E-state index in [1.165, 1.54) is 0 Å². The molecule has 0 fully saturated rings. The van der Waals surface area contributed by atoms with Crippen molar-refractivity contribution in [1.82, 2.24) is 0 Å². The summed E-state index contributed by atoms with van der Waals surface area (Å²) in [4.78, 5) is 9.80. The number of aliphatic hydroxyl groups is 1. The Kier molecular flexibility index (Phi) is 3.39. The van der Waals surface area contributed by atoms with E-state index in [9.17, 15) is 4.79 Å². The van der Waals surface area contributed by atoms with Crippen LogP contribution in [0.4, 0.5) is 0 Å². The van der Waals surface area contributed by atoms with Gasteiger partial charge in [0.05, 0.1) is 12.1 Å². The van der Waals surface area contributed by atoms with Crippen molar-refractivity contribution >= 4 is 6.29 Å². The molecule has 0 aliphatic heterocycles. The van der Waals surface area contributed by atoms with E-state index >= 15 is 0 Å². The molecule has 0 aliphatic carbocycles. The van der Waals surface area contributed by atoms with Gasteiger partial charge < -0.3 is 15.6 Å². The molecule has 3 N–H and O–H groups in total. The fourth-order valence-electron chi connectivity index (χ4n) is 0.449. The van der Waals surface area contributed by atoms with Crippen LogP contribution in [0, 0.1) is 0 Å². The fourth-order valence-corrected chi connectivity index (χ4v) is 0.449. The Morgan fingerprint density at radius 1 is 1.88 bits per heavy atom. The minimum absolute atomic E-state index is 0.351. The van der Waals surface area contributed by atoms with Gasteiger partial charge in [-0.05, 0) is 13.3 Å². The highest BCUT2D eigenvalue weighted by molar-refractivity contribution is 5.56. The molecule has 0 saturated heterocycles. The molecule has 3 nitrogen and oxygen atoms in total. The van der Waals surface area contributed by atoms with E-state index in [2.05, 4.69) is 0 Å². The summed E-state index contributed by atoms with van der Waals surface area (Å²) >= 11 is 0. The van der Waals surface area contributed by atoms with Crippen molar-refractivity contribution in [2.24, 2.45) is 5.73 Å². The molecule has 0 aliphatic rings. The van der Waals surface area contributed by atoms with Gasteiger partial charge in [0.1, 0.15) is 6.29 Å². The highest BCUT2D eigenvalue weighted by atomic mass is 16.3. The van der Waals surface area contributed by atoms with Crippen molar-refractivity contribution < 1.29 is 9.90 Å². The number of hydrogen-bond donors (Lipinski definition) is 2. The van der Waals surface area contributed by atoms with Gasteiger partial charge in [0.2, 0.25) is 0 Å². The van der Waals surface area contributed by atoms with Crippen LogP contribution < -0.4 is 5.73 Å². The minimum Gasteiger partial charge on any atom is -0.393 e. The van der Waals surface area contributed by atoms with Crippen LogP contribution in [0.15, 0.2) is 0 Å². The summed E-state index contributed by atoms with van der Waals surface area (Å²) < 4.78 is 0. The number of carbonyl (C=O) groups is 1. The maximum absolute atomic E-state index is 9.80. The fraction of sp³-hybridized carbons (Fsp3) is 0.800. The lowest BCUT2D eigenvalue weighted by molar-refractivity contribution is -0.109. The number of aldehydes is 1. The molecule has 0 aromatic heterocycles. The molecular weight excluding hydrogens is 106 g/mol. The Balaban J connectivity index is 3.23. The van der Waals surface area contributed by atoms with Gasteiger partial charge in [-0.2, -0.15) is 0 Å². The van der Waals surface area contributed by atoms with Gasteiger partial charge in [-0.25, -0.2) is 0 Å². The van der Waals surface area contributed by atoms with Crippen LogP contribution in [0.3, 0.4) is 0 Å². The second-order valence-electron chi connectivity index (χ2n) is 1.88. The summed E-state index contributed by atoms with van der Waals surface area (Å²) in [5.74, 6) is 0. The average molecular weight is 117 g/mol. The van der Waals surface area contributed by atoms with Gasteiger partial charge in [-0.1, -0.05) is 0 Å². The molecule has 0 spiro atoms.